The third-order valence-electron chi connectivity index (χ3n) is 14.6. The number of nitrogens with zero attached hydrogens (tertiary/aromatic N) is 4. The summed E-state index contributed by atoms with van der Waals surface area (Å²) in [5.41, 5.74) is 12.6. The molecule has 8 nitrogen and oxygen atoms in total. The monoisotopic (exact) mass is 869 g/mol. The van der Waals surface area contributed by atoms with Crippen LogP contribution in [0.5, 0.6) is 23.0 Å². The van der Waals surface area contributed by atoms with E-state index in [0.29, 0.717) is 23.0 Å². The number of phenols is 4. The van der Waals surface area contributed by atoms with Crippen molar-refractivity contribution in [2.75, 3.05) is 52.4 Å². The summed E-state index contributed by atoms with van der Waals surface area (Å²) in [6.45, 7) is 20.6. The molecule has 0 bridgehead atoms. The number of phenolic OH excluding ortho intramolecular Hbond substituents is 4. The van der Waals surface area contributed by atoms with Crippen LogP contribution < -0.4 is 0 Å². The van der Waals surface area contributed by atoms with E-state index < -0.39 is 0 Å². The minimum atomic E-state index is 0.375. The lowest BCUT2D eigenvalue weighted by Crippen LogP contribution is -2.29. The van der Waals surface area contributed by atoms with Gasteiger partial charge in [-0.2, -0.15) is 0 Å². The summed E-state index contributed by atoms with van der Waals surface area (Å²) in [4.78, 5) is 9.72. The minimum absolute atomic E-state index is 0.375. The molecule has 4 aromatic rings. The molecule has 0 aliphatic carbocycles. The maximum absolute atomic E-state index is 10.7. The fourth-order valence-corrected chi connectivity index (χ4v) is 10.0. The first-order chi connectivity index (χ1) is 31.0. The van der Waals surface area contributed by atoms with E-state index >= 15 is 0 Å². The molecule has 0 unspecified atom stereocenters. The van der Waals surface area contributed by atoms with Crippen molar-refractivity contribution < 1.29 is 20.4 Å². The number of rotatable bonds is 12. The molecule has 4 fully saturated rings. The highest BCUT2D eigenvalue weighted by Crippen LogP contribution is 2.35. The Balaban J connectivity index is 0.000000191. The molecular weight excluding hydrogens is 793 g/mol. The zero-order valence-electron chi connectivity index (χ0n) is 39.5. The molecule has 0 saturated carbocycles. The van der Waals surface area contributed by atoms with E-state index in [1.165, 1.54) is 77.0 Å². The topological polar surface area (TPSA) is 93.9 Å². The largest absolute Gasteiger partial charge is 0.508 e. The maximum Gasteiger partial charge on any atom is 0.120 e. The zero-order valence-corrected chi connectivity index (χ0v) is 39.5. The van der Waals surface area contributed by atoms with Gasteiger partial charge in [-0.3, -0.25) is 19.6 Å². The fraction of sp³-hybridized carbons (Fsp3) is 0.500. The number of hydrogen-bond donors (Lipinski definition) is 4. The van der Waals surface area contributed by atoms with Crippen molar-refractivity contribution in [2.24, 2.45) is 0 Å². The van der Waals surface area contributed by atoms with Crippen molar-refractivity contribution in [2.45, 2.75) is 131 Å². The lowest BCUT2D eigenvalue weighted by atomic mass is 9.95. The van der Waals surface area contributed by atoms with E-state index in [4.69, 9.17) is 0 Å². The zero-order chi connectivity index (χ0) is 45.0. The van der Waals surface area contributed by atoms with Gasteiger partial charge in [0.1, 0.15) is 23.0 Å². The Bertz CT molecular complexity index is 1910. The van der Waals surface area contributed by atoms with E-state index in [9.17, 15) is 20.4 Å². The maximum atomic E-state index is 10.7. The van der Waals surface area contributed by atoms with Crippen LogP contribution in [0.4, 0.5) is 0 Å². The van der Waals surface area contributed by atoms with Crippen LogP contribution in [0.3, 0.4) is 0 Å². The standard InChI is InChI=1S/2C28H38N2O2/c2*1-21(23-9-11-25(27(31)17-23)19-29-13-5-3-6-14-29)22(2)24-10-12-26(28(32)18-24)20-30-15-7-4-8-16-30/h2*9-12,17-18,31-32H,3-8,13-16,19-20H2,1-2H3/b22-21+;22-21-. The van der Waals surface area contributed by atoms with Gasteiger partial charge >= 0.3 is 0 Å². The quantitative estimate of drug-likeness (QED) is 0.105. The molecule has 4 heterocycles. The molecule has 0 radical (unpaired) electrons. The number of allylic oxidation sites excluding steroid dienone is 4. The first-order valence-corrected chi connectivity index (χ1v) is 24.6. The molecular formula is C56H76N4O4. The van der Waals surface area contributed by atoms with E-state index in [0.717, 1.165) is 145 Å². The fourth-order valence-electron chi connectivity index (χ4n) is 10.0. The molecule has 4 N–H and O–H groups in total. The highest BCUT2D eigenvalue weighted by molar-refractivity contribution is 5.90. The van der Waals surface area contributed by atoms with Gasteiger partial charge in [-0.05, 0) is 200 Å². The van der Waals surface area contributed by atoms with Gasteiger partial charge in [0.25, 0.3) is 0 Å². The van der Waals surface area contributed by atoms with Crippen LogP contribution in [0.2, 0.25) is 0 Å². The lowest BCUT2D eigenvalue weighted by molar-refractivity contribution is 0.218. The minimum Gasteiger partial charge on any atom is -0.508 e. The molecule has 8 rings (SSSR count). The Labute approximate surface area is 384 Å². The number of likely N-dealkylation sites (tertiary alicyclic amines) is 4. The van der Waals surface area contributed by atoms with Gasteiger partial charge in [0.15, 0.2) is 0 Å². The van der Waals surface area contributed by atoms with Gasteiger partial charge in [0, 0.05) is 48.4 Å². The van der Waals surface area contributed by atoms with Gasteiger partial charge in [-0.1, -0.05) is 74.2 Å². The molecule has 4 saturated heterocycles. The van der Waals surface area contributed by atoms with E-state index in [2.05, 4.69) is 95.8 Å². The number of piperidine rings is 4. The summed E-state index contributed by atoms with van der Waals surface area (Å²) in [6.07, 6.45) is 15.3. The lowest BCUT2D eigenvalue weighted by Gasteiger charge is -2.27. The normalized spacial score (nSPS) is 19.1. The summed E-state index contributed by atoms with van der Waals surface area (Å²) in [7, 11) is 0. The molecule has 64 heavy (non-hydrogen) atoms. The van der Waals surface area contributed by atoms with Gasteiger partial charge in [-0.25, -0.2) is 0 Å². The first-order valence-electron chi connectivity index (χ1n) is 24.6. The van der Waals surface area contributed by atoms with E-state index in [-0.39, 0.29) is 0 Å². The highest BCUT2D eigenvalue weighted by atomic mass is 16.3. The van der Waals surface area contributed by atoms with Crippen LogP contribution in [0.1, 0.15) is 149 Å². The van der Waals surface area contributed by atoms with Gasteiger partial charge < -0.3 is 20.4 Å². The van der Waals surface area contributed by atoms with Crippen molar-refractivity contribution >= 4 is 22.3 Å². The van der Waals surface area contributed by atoms with Crippen molar-refractivity contribution in [3.8, 4) is 23.0 Å². The van der Waals surface area contributed by atoms with Crippen LogP contribution in [0, 0.1) is 0 Å². The average Bonchev–Trinajstić information content (AvgIpc) is 3.32. The van der Waals surface area contributed by atoms with Gasteiger partial charge in [-0.15, -0.1) is 0 Å². The van der Waals surface area contributed by atoms with Gasteiger partial charge in [0.2, 0.25) is 0 Å². The summed E-state index contributed by atoms with van der Waals surface area (Å²) >= 11 is 0. The van der Waals surface area contributed by atoms with Crippen molar-refractivity contribution in [3.05, 3.63) is 117 Å². The molecule has 4 aromatic carbocycles. The van der Waals surface area contributed by atoms with Crippen LogP contribution >= 0.6 is 0 Å². The summed E-state index contributed by atoms with van der Waals surface area (Å²) < 4.78 is 0. The number of hydrogen-bond acceptors (Lipinski definition) is 8. The first kappa shape index (κ1) is 47.4. The van der Waals surface area contributed by atoms with E-state index in [1.807, 2.05) is 24.3 Å². The second-order valence-corrected chi connectivity index (χ2v) is 19.2. The predicted octanol–water partition coefficient (Wildman–Crippen LogP) is 12.0. The van der Waals surface area contributed by atoms with Crippen LogP contribution in [0.15, 0.2) is 72.8 Å². The van der Waals surface area contributed by atoms with Crippen LogP contribution in [-0.2, 0) is 26.2 Å². The Hall–Kier alpha value is -4.60. The third-order valence-corrected chi connectivity index (χ3v) is 14.6. The predicted molar refractivity (Wildman–Crippen MR) is 265 cm³/mol. The van der Waals surface area contributed by atoms with Crippen molar-refractivity contribution in [3.63, 3.8) is 0 Å². The number of aromatic hydroxyl groups is 4. The molecule has 344 valence electrons. The molecule has 4 aliphatic heterocycles. The Morgan fingerprint density at radius 3 is 0.672 bits per heavy atom. The second kappa shape index (κ2) is 23.0. The SMILES string of the molecule is C/C(=C(/C)c1ccc(CN2CCCCC2)c(O)c1)c1ccc(CN2CCCCC2)c(O)c1.C/C(=C(\C)c1ccc(CN2CCCCC2)c(O)c1)c1ccc(CN2CCCCC2)c(O)c1. The highest BCUT2D eigenvalue weighted by Gasteiger charge is 2.18. The Kier molecular flexibility index (Phi) is 17.0. The molecule has 0 amide bonds. The van der Waals surface area contributed by atoms with Crippen LogP contribution in [0.25, 0.3) is 22.3 Å². The summed E-state index contributed by atoms with van der Waals surface area (Å²) in [6, 6.07) is 24.3. The van der Waals surface area contributed by atoms with Crippen molar-refractivity contribution in [1.29, 1.82) is 0 Å². The Morgan fingerprint density at radius 2 is 0.500 bits per heavy atom. The second-order valence-electron chi connectivity index (χ2n) is 19.2. The Morgan fingerprint density at radius 1 is 0.312 bits per heavy atom. The molecule has 0 aromatic heterocycles. The molecule has 8 heteroatoms. The van der Waals surface area contributed by atoms with Gasteiger partial charge in [0.05, 0.1) is 0 Å². The molecule has 0 spiro atoms. The molecule has 0 atom stereocenters. The van der Waals surface area contributed by atoms with Crippen LogP contribution in [-0.4, -0.2) is 92.4 Å². The average molecular weight is 869 g/mol. The summed E-state index contributed by atoms with van der Waals surface area (Å²) in [5.74, 6) is 1.50. The summed E-state index contributed by atoms with van der Waals surface area (Å²) in [5, 5.41) is 42.7. The molecule has 4 aliphatic rings. The smallest absolute Gasteiger partial charge is 0.120 e. The third kappa shape index (κ3) is 12.8. The van der Waals surface area contributed by atoms with Crippen molar-refractivity contribution in [1.82, 2.24) is 19.6 Å². The van der Waals surface area contributed by atoms with E-state index in [1.54, 1.807) is 0 Å². The number of benzene rings is 4.